The Kier molecular flexibility index (Phi) is 3.45. The van der Waals surface area contributed by atoms with Crippen LogP contribution in [0.2, 0.25) is 0 Å². The first kappa shape index (κ1) is 13.7. The first-order chi connectivity index (χ1) is 10.1. The molecule has 1 aliphatic rings. The molecule has 0 unspecified atom stereocenters. The average Bonchev–Trinajstić information content (AvgIpc) is 3.06. The van der Waals surface area contributed by atoms with Crippen molar-refractivity contribution in [3.63, 3.8) is 0 Å². The van der Waals surface area contributed by atoms with Crippen LogP contribution in [0.5, 0.6) is 0 Å². The zero-order chi connectivity index (χ0) is 15.0. The van der Waals surface area contributed by atoms with Crippen molar-refractivity contribution in [2.75, 3.05) is 13.1 Å². The summed E-state index contributed by atoms with van der Waals surface area (Å²) >= 11 is 0. The highest BCUT2D eigenvalue weighted by Gasteiger charge is 2.28. The summed E-state index contributed by atoms with van der Waals surface area (Å²) in [4.78, 5) is 25.6. The molecule has 1 fully saturated rings. The molecule has 112 valence electrons. The summed E-state index contributed by atoms with van der Waals surface area (Å²) < 4.78 is 7.32. The lowest BCUT2D eigenvalue weighted by Crippen LogP contribution is -2.42. The summed E-state index contributed by atoms with van der Waals surface area (Å²) in [5.41, 5.74) is 6.70. The summed E-state index contributed by atoms with van der Waals surface area (Å²) in [6, 6.07) is 3.72. The van der Waals surface area contributed by atoms with Crippen LogP contribution < -0.4 is 5.73 Å². The van der Waals surface area contributed by atoms with Crippen LogP contribution in [0.15, 0.2) is 22.8 Å². The van der Waals surface area contributed by atoms with Crippen LogP contribution in [0.4, 0.5) is 0 Å². The molecule has 2 N–H and O–H groups in total. The van der Waals surface area contributed by atoms with E-state index in [0.717, 1.165) is 11.1 Å². The number of carbonyl (C=O) groups excluding carboxylic acids is 2. The summed E-state index contributed by atoms with van der Waals surface area (Å²) in [5, 5.41) is 0.937. The van der Waals surface area contributed by atoms with Crippen LogP contribution in [0.25, 0.3) is 11.1 Å². The van der Waals surface area contributed by atoms with Gasteiger partial charge in [0.1, 0.15) is 5.69 Å². The van der Waals surface area contributed by atoms with Gasteiger partial charge in [0.15, 0.2) is 0 Å². The molecular weight excluding hydrogens is 270 g/mol. The third kappa shape index (κ3) is 2.30. The molecule has 2 aromatic rings. The number of primary amides is 1. The van der Waals surface area contributed by atoms with Crippen molar-refractivity contribution in [1.82, 2.24) is 9.47 Å². The highest BCUT2D eigenvalue weighted by molar-refractivity contribution is 5.97. The molecule has 0 aliphatic carbocycles. The third-order valence-corrected chi connectivity index (χ3v) is 4.22. The van der Waals surface area contributed by atoms with Gasteiger partial charge in [0.05, 0.1) is 6.26 Å². The maximum Gasteiger partial charge on any atom is 0.270 e. The van der Waals surface area contributed by atoms with Crippen molar-refractivity contribution in [2.24, 2.45) is 11.7 Å². The van der Waals surface area contributed by atoms with Crippen LogP contribution in [0.3, 0.4) is 0 Å². The molecular formula is C15H19N3O3. The van der Waals surface area contributed by atoms with E-state index in [1.807, 2.05) is 23.6 Å². The van der Waals surface area contributed by atoms with Gasteiger partial charge in [-0.1, -0.05) is 0 Å². The van der Waals surface area contributed by atoms with Gasteiger partial charge < -0.3 is 19.6 Å². The van der Waals surface area contributed by atoms with E-state index >= 15 is 0 Å². The minimum Gasteiger partial charge on any atom is -0.448 e. The highest BCUT2D eigenvalue weighted by atomic mass is 16.3. The van der Waals surface area contributed by atoms with E-state index in [1.54, 1.807) is 11.2 Å². The highest BCUT2D eigenvalue weighted by Crippen LogP contribution is 2.24. The number of rotatable bonds is 3. The Labute approximate surface area is 122 Å². The second kappa shape index (κ2) is 5.27. The molecule has 3 heterocycles. The summed E-state index contributed by atoms with van der Waals surface area (Å²) in [6.07, 6.45) is 2.91. The fraction of sp³-hybridized carbons (Fsp3) is 0.467. The van der Waals surface area contributed by atoms with Gasteiger partial charge in [-0.3, -0.25) is 9.59 Å². The predicted molar refractivity (Wildman–Crippen MR) is 77.7 cm³/mol. The largest absolute Gasteiger partial charge is 0.448 e. The van der Waals surface area contributed by atoms with E-state index in [-0.39, 0.29) is 17.7 Å². The minimum atomic E-state index is -0.267. The van der Waals surface area contributed by atoms with E-state index in [0.29, 0.717) is 38.2 Å². The lowest BCUT2D eigenvalue weighted by molar-refractivity contribution is -0.123. The van der Waals surface area contributed by atoms with E-state index in [9.17, 15) is 9.59 Å². The van der Waals surface area contributed by atoms with Gasteiger partial charge in [0.2, 0.25) is 11.6 Å². The maximum atomic E-state index is 12.7. The van der Waals surface area contributed by atoms with Crippen LogP contribution in [0, 0.1) is 5.92 Å². The SMILES string of the molecule is CCn1c(C(=O)N2CCC(C(N)=O)CC2)cc2ccoc21. The summed E-state index contributed by atoms with van der Waals surface area (Å²) in [6.45, 7) is 3.80. The van der Waals surface area contributed by atoms with Crippen molar-refractivity contribution in [3.8, 4) is 0 Å². The fourth-order valence-corrected chi connectivity index (χ4v) is 3.00. The second-order valence-electron chi connectivity index (χ2n) is 5.42. The Balaban J connectivity index is 1.81. The number of amides is 2. The molecule has 21 heavy (non-hydrogen) atoms. The Hall–Kier alpha value is -2.24. The number of aryl methyl sites for hydroxylation is 1. The van der Waals surface area contributed by atoms with Gasteiger partial charge in [-0.05, 0) is 31.9 Å². The van der Waals surface area contributed by atoms with Crippen molar-refractivity contribution in [2.45, 2.75) is 26.3 Å². The number of nitrogens with two attached hydrogens (primary N) is 1. The molecule has 0 radical (unpaired) electrons. The number of aromatic nitrogens is 1. The van der Waals surface area contributed by atoms with Gasteiger partial charge in [-0.15, -0.1) is 0 Å². The Morgan fingerprint density at radius 3 is 2.71 bits per heavy atom. The van der Waals surface area contributed by atoms with Crippen LogP contribution in [-0.4, -0.2) is 34.4 Å². The van der Waals surface area contributed by atoms with Crippen molar-refractivity contribution in [3.05, 3.63) is 24.1 Å². The maximum absolute atomic E-state index is 12.7. The van der Waals surface area contributed by atoms with Crippen LogP contribution in [-0.2, 0) is 11.3 Å². The molecule has 3 rings (SSSR count). The molecule has 0 saturated carbocycles. The molecule has 1 aliphatic heterocycles. The molecule has 0 aromatic carbocycles. The quantitative estimate of drug-likeness (QED) is 0.931. The number of carbonyl (C=O) groups is 2. The number of piperidine rings is 1. The second-order valence-corrected chi connectivity index (χ2v) is 5.42. The molecule has 2 aromatic heterocycles. The predicted octanol–water partition coefficient (Wildman–Crippen LogP) is 1.59. The first-order valence-corrected chi connectivity index (χ1v) is 7.27. The van der Waals surface area contributed by atoms with E-state index < -0.39 is 0 Å². The van der Waals surface area contributed by atoms with Crippen molar-refractivity contribution in [1.29, 1.82) is 0 Å². The average molecular weight is 289 g/mol. The Morgan fingerprint density at radius 1 is 1.38 bits per heavy atom. The van der Waals surface area contributed by atoms with E-state index in [4.69, 9.17) is 10.2 Å². The lowest BCUT2D eigenvalue weighted by Gasteiger charge is -2.30. The monoisotopic (exact) mass is 289 g/mol. The van der Waals surface area contributed by atoms with Crippen LogP contribution in [0.1, 0.15) is 30.3 Å². The topological polar surface area (TPSA) is 81.5 Å². The smallest absolute Gasteiger partial charge is 0.270 e. The van der Waals surface area contributed by atoms with E-state index in [1.165, 1.54) is 0 Å². The molecule has 1 saturated heterocycles. The third-order valence-electron chi connectivity index (χ3n) is 4.22. The van der Waals surface area contributed by atoms with Crippen LogP contribution >= 0.6 is 0 Å². The minimum absolute atomic E-state index is 0.00818. The summed E-state index contributed by atoms with van der Waals surface area (Å²) in [5.74, 6) is -0.383. The van der Waals surface area contributed by atoms with E-state index in [2.05, 4.69) is 0 Å². The molecule has 6 heteroatoms. The van der Waals surface area contributed by atoms with Gasteiger partial charge >= 0.3 is 0 Å². The number of furan rings is 1. The standard InChI is InChI=1S/C15H19N3O3/c1-2-18-12(9-11-5-8-21-15(11)18)14(20)17-6-3-10(4-7-17)13(16)19/h5,8-10H,2-4,6-7H2,1H3,(H2,16,19). The number of likely N-dealkylation sites (tertiary alicyclic amines) is 1. The number of fused-ring (bicyclic) bond motifs is 1. The van der Waals surface area contributed by atoms with Crippen molar-refractivity contribution < 1.29 is 14.0 Å². The van der Waals surface area contributed by atoms with Gasteiger partial charge in [0.25, 0.3) is 5.91 Å². The zero-order valence-corrected chi connectivity index (χ0v) is 12.0. The number of nitrogens with zero attached hydrogens (tertiary/aromatic N) is 2. The molecule has 2 amide bonds. The number of hydrogen-bond acceptors (Lipinski definition) is 3. The lowest BCUT2D eigenvalue weighted by atomic mass is 9.96. The molecule has 0 spiro atoms. The molecule has 0 bridgehead atoms. The normalized spacial score (nSPS) is 16.5. The van der Waals surface area contributed by atoms with Crippen molar-refractivity contribution >= 4 is 22.9 Å². The van der Waals surface area contributed by atoms with Gasteiger partial charge in [0, 0.05) is 30.9 Å². The Morgan fingerprint density at radius 2 is 2.10 bits per heavy atom. The zero-order valence-electron chi connectivity index (χ0n) is 12.0. The van der Waals surface area contributed by atoms with Gasteiger partial charge in [-0.25, -0.2) is 0 Å². The Bertz CT molecular complexity index is 677. The van der Waals surface area contributed by atoms with Gasteiger partial charge in [-0.2, -0.15) is 0 Å². The fourth-order valence-electron chi connectivity index (χ4n) is 3.00. The molecule has 6 nitrogen and oxygen atoms in total. The first-order valence-electron chi connectivity index (χ1n) is 7.27. The number of hydrogen-bond donors (Lipinski definition) is 1. The summed E-state index contributed by atoms with van der Waals surface area (Å²) in [7, 11) is 0. The molecule has 0 atom stereocenters.